The molecule has 0 bridgehead atoms. The van der Waals surface area contributed by atoms with Gasteiger partial charge in [-0.25, -0.2) is 0 Å². The van der Waals surface area contributed by atoms with Gasteiger partial charge in [0.15, 0.2) is 11.5 Å². The van der Waals surface area contributed by atoms with Crippen LogP contribution in [-0.4, -0.2) is 31.9 Å². The number of aliphatic hydroxyl groups excluding tert-OH is 1. The maximum atomic E-state index is 10.5. The van der Waals surface area contributed by atoms with Crippen molar-refractivity contribution in [1.29, 1.82) is 0 Å². The van der Waals surface area contributed by atoms with Gasteiger partial charge in [0.2, 0.25) is 0 Å². The summed E-state index contributed by atoms with van der Waals surface area (Å²) in [5.41, 5.74) is -0.206. The van der Waals surface area contributed by atoms with Gasteiger partial charge in [0.25, 0.3) is 0 Å². The molecule has 0 radical (unpaired) electrons. The number of hydrogen-bond acceptors (Lipinski definition) is 4. The normalized spacial score (nSPS) is 21.6. The Kier molecular flexibility index (Phi) is 3.02. The number of methoxy groups -OCH3 is 2. The van der Waals surface area contributed by atoms with E-state index >= 15 is 0 Å². The highest BCUT2D eigenvalue weighted by molar-refractivity contribution is 5.42. The molecule has 4 nitrogen and oxygen atoms in total. The van der Waals surface area contributed by atoms with E-state index in [1.165, 1.54) is 6.92 Å². The fourth-order valence-corrected chi connectivity index (χ4v) is 1.88. The van der Waals surface area contributed by atoms with E-state index < -0.39 is 92.0 Å². The van der Waals surface area contributed by atoms with E-state index in [-0.39, 0.29) is 24.0 Å². The lowest BCUT2D eigenvalue weighted by Gasteiger charge is -2.13. The fourth-order valence-electron chi connectivity index (χ4n) is 1.88. The summed E-state index contributed by atoms with van der Waals surface area (Å²) in [6.45, 7) is -1.87. The first-order valence-corrected chi connectivity index (χ1v) is 7.47. The van der Waals surface area contributed by atoms with Crippen molar-refractivity contribution in [3.63, 3.8) is 0 Å². The smallest absolute Gasteiger partial charge is 0.160 e. The van der Waals surface area contributed by atoms with Gasteiger partial charge in [-0.05, 0) is 61.4 Å². The predicted octanol–water partition coefficient (Wildman–Crippen LogP) is 4.16. The molecular formula is C21H28O4. The zero-order valence-electron chi connectivity index (χ0n) is 27.9. The van der Waals surface area contributed by atoms with Gasteiger partial charge in [-0.3, -0.25) is 0 Å². The standard InChI is InChI=1S/C21H28O4/c1-16-7-6-10-19(13-16)25-15-18(22)9-5-4-8-17-11-12-20(23-2)21(14-17)24-3/h6-7,10-14,18,22H,4-5,8-9,15H2,1-3H3/i3D3,6D,7D,9D2,10D,11D,12D,13D,14D,15D2. The number of aliphatic hydroxyl groups is 1. The van der Waals surface area contributed by atoms with Crippen LogP contribution < -0.4 is 14.2 Å². The molecule has 0 aliphatic heterocycles. The van der Waals surface area contributed by atoms with Gasteiger partial charge >= 0.3 is 0 Å². The van der Waals surface area contributed by atoms with Crippen LogP contribution in [0, 0.1) is 6.92 Å². The molecule has 0 saturated carbocycles. The van der Waals surface area contributed by atoms with Gasteiger partial charge in [-0.15, -0.1) is 0 Å². The Hall–Kier alpha value is -2.20. The Bertz CT molecular complexity index is 1200. The lowest BCUT2D eigenvalue weighted by atomic mass is 10.0. The third-order valence-corrected chi connectivity index (χ3v) is 3.04. The molecule has 4 heteroatoms. The van der Waals surface area contributed by atoms with Crippen molar-refractivity contribution in [1.82, 2.24) is 0 Å². The van der Waals surface area contributed by atoms with Gasteiger partial charge in [0.05, 0.1) is 36.7 Å². The number of hydrogen-bond donors (Lipinski definition) is 1. The highest BCUT2D eigenvalue weighted by Crippen LogP contribution is 2.28. The Balaban J connectivity index is 2.29. The summed E-state index contributed by atoms with van der Waals surface area (Å²) < 4.78 is 125. The third-order valence-electron chi connectivity index (χ3n) is 3.04. The van der Waals surface area contributed by atoms with Crippen molar-refractivity contribution in [2.45, 2.75) is 38.7 Å². The first kappa shape index (κ1) is 7.58. The van der Waals surface area contributed by atoms with E-state index in [1.807, 2.05) is 0 Å². The van der Waals surface area contributed by atoms with Gasteiger partial charge in [0, 0.05) is 2.74 Å². The van der Waals surface area contributed by atoms with Crippen LogP contribution in [0.1, 0.15) is 49.5 Å². The molecule has 0 heterocycles. The zero-order valence-corrected chi connectivity index (χ0v) is 13.9. The molecular weight excluding hydrogens is 316 g/mol. The SMILES string of the molecule is [2H]c1c([2H])c(C)c([2H])c(OC([2H])([2H])C(O)C([2H])([2H])CCCc2c([2H])c([2H])c(OC)c(OC([2H])([2H])[2H])c2[2H])c1[2H]. The monoisotopic (exact) mass is 358 g/mol. The van der Waals surface area contributed by atoms with E-state index in [9.17, 15) is 5.11 Å². The molecule has 0 amide bonds. The Morgan fingerprint density at radius 1 is 1.16 bits per heavy atom. The minimum absolute atomic E-state index is 0.0632. The Morgan fingerprint density at radius 3 is 2.84 bits per heavy atom. The molecule has 0 aromatic heterocycles. The van der Waals surface area contributed by atoms with E-state index in [2.05, 4.69) is 0 Å². The van der Waals surface area contributed by atoms with E-state index in [0.717, 1.165) is 7.11 Å². The summed E-state index contributed by atoms with van der Waals surface area (Å²) in [7, 11) is -1.87. The van der Waals surface area contributed by atoms with Crippen molar-refractivity contribution >= 4 is 0 Å². The first-order valence-electron chi connectivity index (χ1n) is 14.5. The zero-order chi connectivity index (χ0) is 30.2. The van der Waals surface area contributed by atoms with Crippen LogP contribution in [0.25, 0.3) is 0 Å². The second-order valence-electron chi connectivity index (χ2n) is 4.95. The van der Waals surface area contributed by atoms with Crippen molar-refractivity contribution in [3.8, 4) is 17.2 Å². The molecule has 0 fully saturated rings. The summed E-state index contributed by atoms with van der Waals surface area (Å²) in [5, 5.41) is 10.5. The van der Waals surface area contributed by atoms with Crippen LogP contribution in [0.3, 0.4) is 0 Å². The second-order valence-corrected chi connectivity index (χ2v) is 4.95. The fraction of sp³-hybridized carbons (Fsp3) is 0.429. The molecule has 0 saturated heterocycles. The van der Waals surface area contributed by atoms with Gasteiger partial charge in [-0.2, -0.15) is 0 Å². The van der Waals surface area contributed by atoms with Gasteiger partial charge in [-0.1, -0.05) is 24.5 Å². The van der Waals surface area contributed by atoms with Gasteiger partial charge in [0.1, 0.15) is 12.3 Å². The van der Waals surface area contributed by atoms with Crippen molar-refractivity contribution in [3.05, 3.63) is 53.4 Å². The molecule has 0 spiro atoms. The highest BCUT2D eigenvalue weighted by atomic mass is 16.5. The average molecular weight is 359 g/mol. The Morgan fingerprint density at radius 2 is 2.04 bits per heavy atom. The summed E-state index contributed by atoms with van der Waals surface area (Å²) in [6, 6.07) is -3.93. The van der Waals surface area contributed by atoms with E-state index in [4.69, 9.17) is 33.4 Å². The molecule has 1 unspecified atom stereocenters. The van der Waals surface area contributed by atoms with Crippen molar-refractivity contribution in [2.75, 3.05) is 20.7 Å². The summed E-state index contributed by atoms with van der Waals surface area (Å²) in [4.78, 5) is 0. The van der Waals surface area contributed by atoms with E-state index in [1.54, 1.807) is 0 Å². The van der Waals surface area contributed by atoms with Crippen molar-refractivity contribution < 1.29 is 38.5 Å². The lowest BCUT2D eigenvalue weighted by Crippen LogP contribution is -2.17. The molecule has 1 atom stereocenters. The Labute approximate surface area is 170 Å². The minimum Gasteiger partial charge on any atom is -0.493 e. The molecule has 2 aromatic carbocycles. The molecule has 2 aromatic rings. The molecule has 1 N–H and O–H groups in total. The maximum Gasteiger partial charge on any atom is 0.160 e. The van der Waals surface area contributed by atoms with Crippen LogP contribution in [0.2, 0.25) is 0 Å². The second kappa shape index (κ2) is 9.94. The van der Waals surface area contributed by atoms with Crippen LogP contribution in [0.4, 0.5) is 0 Å². The molecule has 0 aliphatic carbocycles. The number of rotatable bonds is 10. The molecule has 0 aliphatic rings. The average Bonchev–Trinajstić information content (AvgIpc) is 2.83. The van der Waals surface area contributed by atoms with Crippen molar-refractivity contribution in [2.24, 2.45) is 0 Å². The quantitative estimate of drug-likeness (QED) is 0.693. The van der Waals surface area contributed by atoms with Crippen LogP contribution >= 0.6 is 0 Å². The molecule has 25 heavy (non-hydrogen) atoms. The maximum absolute atomic E-state index is 10.5. The number of ether oxygens (including phenoxy) is 3. The highest BCUT2D eigenvalue weighted by Gasteiger charge is 2.07. The first-order chi connectivity index (χ1) is 17.7. The third kappa shape index (κ3) is 6.31. The summed E-state index contributed by atoms with van der Waals surface area (Å²) >= 11 is 0. The predicted molar refractivity (Wildman–Crippen MR) is 99.8 cm³/mol. The van der Waals surface area contributed by atoms with E-state index in [0.29, 0.717) is 0 Å². The minimum atomic E-state index is -3.17. The lowest BCUT2D eigenvalue weighted by molar-refractivity contribution is 0.0976. The van der Waals surface area contributed by atoms with Gasteiger partial charge < -0.3 is 19.3 Å². The largest absolute Gasteiger partial charge is 0.493 e. The molecule has 2 rings (SSSR count). The summed E-state index contributed by atoms with van der Waals surface area (Å²) in [5.74, 6) is -1.73. The number of benzene rings is 2. The van der Waals surface area contributed by atoms with Crippen LogP contribution in [-0.2, 0) is 6.42 Å². The summed E-state index contributed by atoms with van der Waals surface area (Å²) in [6.07, 6.45) is -6.10. The van der Waals surface area contributed by atoms with Crippen LogP contribution in [0.15, 0.2) is 42.3 Å². The molecule has 136 valence electrons. The van der Waals surface area contributed by atoms with Crippen LogP contribution in [0.5, 0.6) is 17.2 Å². The topological polar surface area (TPSA) is 47.9 Å².